The smallest absolute Gasteiger partial charge is 0.273 e. The molecule has 1 aromatic heterocycles. The molecule has 0 radical (unpaired) electrons. The van der Waals surface area contributed by atoms with E-state index in [9.17, 15) is 8.42 Å². The monoisotopic (exact) mass is 308 g/mol. The molecule has 1 aliphatic rings. The van der Waals surface area contributed by atoms with Gasteiger partial charge in [-0.25, -0.2) is 0 Å². The molecular formula is C15H20N2O3S. The largest absolute Gasteiger partial charge is 0.333 e. The van der Waals surface area contributed by atoms with E-state index in [0.717, 1.165) is 25.7 Å². The number of pyridine rings is 1. The molecule has 1 saturated carbocycles. The number of hydrogen-bond donors (Lipinski definition) is 2. The molecule has 5 nitrogen and oxygen atoms in total. The highest BCUT2D eigenvalue weighted by molar-refractivity contribution is 7.83. The van der Waals surface area contributed by atoms with E-state index in [1.54, 1.807) is 0 Å². The minimum Gasteiger partial charge on any atom is -0.273 e. The molecule has 0 bridgehead atoms. The van der Waals surface area contributed by atoms with Crippen LogP contribution in [0.15, 0.2) is 42.7 Å². The van der Waals surface area contributed by atoms with Crippen molar-refractivity contribution in [2.75, 3.05) is 0 Å². The van der Waals surface area contributed by atoms with Crippen molar-refractivity contribution in [2.24, 2.45) is 0 Å². The van der Waals surface area contributed by atoms with Crippen LogP contribution in [-0.4, -0.2) is 24.0 Å². The van der Waals surface area contributed by atoms with Gasteiger partial charge < -0.3 is 0 Å². The van der Waals surface area contributed by atoms with Crippen molar-refractivity contribution in [3.63, 3.8) is 0 Å². The average Bonchev–Trinajstić information content (AvgIpc) is 2.47. The summed E-state index contributed by atoms with van der Waals surface area (Å²) < 4.78 is 31.3. The lowest BCUT2D eigenvalue weighted by molar-refractivity contribution is 0.389. The molecule has 1 fully saturated rings. The first-order valence-electron chi connectivity index (χ1n) is 7.08. The minimum atomic E-state index is -3.97. The molecule has 0 aliphatic heterocycles. The Bertz CT molecular complexity index is 602. The van der Waals surface area contributed by atoms with Crippen LogP contribution in [0.3, 0.4) is 0 Å². The Morgan fingerprint density at radius 2 is 1.71 bits per heavy atom. The van der Waals surface area contributed by atoms with Gasteiger partial charge in [-0.3, -0.25) is 9.54 Å². The molecule has 1 aliphatic carbocycles. The first-order valence-corrected chi connectivity index (χ1v) is 8.52. The number of fused-ring (bicyclic) bond motifs is 1. The van der Waals surface area contributed by atoms with Crippen LogP contribution in [0.4, 0.5) is 0 Å². The van der Waals surface area contributed by atoms with Crippen molar-refractivity contribution in [3.05, 3.63) is 42.7 Å². The van der Waals surface area contributed by atoms with E-state index >= 15 is 0 Å². The lowest BCUT2D eigenvalue weighted by Gasteiger charge is -2.20. The fraction of sp³-hybridized carbons (Fsp3) is 0.400. The SMILES string of the molecule is O=S(=O)(O)NC1CCCCC1.c1ccc2cnccc2c1. The van der Waals surface area contributed by atoms with Crippen molar-refractivity contribution in [1.29, 1.82) is 0 Å². The summed E-state index contributed by atoms with van der Waals surface area (Å²) in [7, 11) is -3.97. The molecule has 1 heterocycles. The van der Waals surface area contributed by atoms with E-state index in [1.165, 1.54) is 17.2 Å². The van der Waals surface area contributed by atoms with Crippen LogP contribution in [-0.2, 0) is 10.3 Å². The summed E-state index contributed by atoms with van der Waals surface area (Å²) in [6.45, 7) is 0. The standard InChI is InChI=1S/C9H7N.C6H13NO3S/c1-2-4-9-7-10-6-5-8(9)3-1;8-11(9,10)7-6-4-2-1-3-5-6/h1-7H;6-7H,1-5H2,(H,8,9,10). The van der Waals surface area contributed by atoms with Gasteiger partial charge in [-0.1, -0.05) is 43.5 Å². The molecule has 21 heavy (non-hydrogen) atoms. The van der Waals surface area contributed by atoms with E-state index in [1.807, 2.05) is 30.6 Å². The number of nitrogens with zero attached hydrogens (tertiary/aromatic N) is 1. The average molecular weight is 308 g/mol. The third-order valence-corrected chi connectivity index (χ3v) is 4.10. The molecule has 1 aromatic carbocycles. The van der Waals surface area contributed by atoms with Crippen molar-refractivity contribution < 1.29 is 13.0 Å². The Morgan fingerprint density at radius 1 is 1.05 bits per heavy atom. The van der Waals surface area contributed by atoms with Crippen LogP contribution in [0.2, 0.25) is 0 Å². The normalized spacial score (nSPS) is 16.2. The van der Waals surface area contributed by atoms with Crippen LogP contribution in [0.1, 0.15) is 32.1 Å². The van der Waals surface area contributed by atoms with Gasteiger partial charge in [0.15, 0.2) is 0 Å². The molecular weight excluding hydrogens is 288 g/mol. The predicted molar refractivity (Wildman–Crippen MR) is 83.3 cm³/mol. The topological polar surface area (TPSA) is 79.3 Å². The quantitative estimate of drug-likeness (QED) is 0.836. The van der Waals surface area contributed by atoms with Crippen molar-refractivity contribution in [3.8, 4) is 0 Å². The van der Waals surface area contributed by atoms with E-state index in [4.69, 9.17) is 4.55 Å². The molecule has 6 heteroatoms. The van der Waals surface area contributed by atoms with Gasteiger partial charge in [-0.15, -0.1) is 0 Å². The highest BCUT2D eigenvalue weighted by Crippen LogP contribution is 2.17. The summed E-state index contributed by atoms with van der Waals surface area (Å²) in [6.07, 6.45) is 8.64. The summed E-state index contributed by atoms with van der Waals surface area (Å²) in [5.41, 5.74) is 0. The molecule has 2 N–H and O–H groups in total. The number of nitrogens with one attached hydrogen (secondary N) is 1. The summed E-state index contributed by atoms with van der Waals surface area (Å²) in [5, 5.41) is 2.45. The third kappa shape index (κ3) is 5.79. The first-order chi connectivity index (χ1) is 10.0. The van der Waals surface area contributed by atoms with Gasteiger partial charge in [0.1, 0.15) is 0 Å². The highest BCUT2D eigenvalue weighted by Gasteiger charge is 2.17. The summed E-state index contributed by atoms with van der Waals surface area (Å²) in [6, 6.07) is 10.2. The summed E-state index contributed by atoms with van der Waals surface area (Å²) in [5.74, 6) is 0. The second-order valence-electron chi connectivity index (χ2n) is 5.15. The van der Waals surface area contributed by atoms with Gasteiger partial charge in [-0.2, -0.15) is 13.1 Å². The number of benzene rings is 1. The van der Waals surface area contributed by atoms with E-state index < -0.39 is 10.3 Å². The second kappa shape index (κ2) is 7.49. The molecule has 3 rings (SSSR count). The Labute approximate surface area is 125 Å². The van der Waals surface area contributed by atoms with Gasteiger partial charge in [0.25, 0.3) is 0 Å². The van der Waals surface area contributed by atoms with Gasteiger partial charge in [-0.05, 0) is 29.7 Å². The lowest BCUT2D eigenvalue weighted by Crippen LogP contribution is -2.35. The maximum absolute atomic E-state index is 10.3. The van der Waals surface area contributed by atoms with E-state index in [2.05, 4.69) is 21.8 Å². The zero-order valence-corrected chi connectivity index (χ0v) is 12.6. The molecule has 0 amide bonds. The van der Waals surface area contributed by atoms with Crippen molar-refractivity contribution in [1.82, 2.24) is 9.71 Å². The third-order valence-electron chi connectivity index (χ3n) is 3.47. The zero-order valence-electron chi connectivity index (χ0n) is 11.8. The molecule has 0 spiro atoms. The van der Waals surface area contributed by atoms with Crippen LogP contribution < -0.4 is 4.72 Å². The maximum atomic E-state index is 10.3. The molecule has 114 valence electrons. The van der Waals surface area contributed by atoms with Crippen LogP contribution in [0.25, 0.3) is 10.8 Å². The number of rotatable bonds is 2. The minimum absolute atomic E-state index is 0.0428. The summed E-state index contributed by atoms with van der Waals surface area (Å²) in [4.78, 5) is 4.01. The fourth-order valence-corrected chi connectivity index (χ4v) is 3.11. The van der Waals surface area contributed by atoms with Crippen molar-refractivity contribution >= 4 is 21.1 Å². The van der Waals surface area contributed by atoms with E-state index in [0.29, 0.717) is 0 Å². The lowest BCUT2D eigenvalue weighted by atomic mass is 9.96. The fourth-order valence-electron chi connectivity index (χ4n) is 2.46. The van der Waals surface area contributed by atoms with Crippen LogP contribution >= 0.6 is 0 Å². The van der Waals surface area contributed by atoms with Gasteiger partial charge >= 0.3 is 10.3 Å². The molecule has 0 saturated heterocycles. The Hall–Kier alpha value is -1.50. The van der Waals surface area contributed by atoms with Crippen LogP contribution in [0, 0.1) is 0 Å². The van der Waals surface area contributed by atoms with E-state index in [-0.39, 0.29) is 6.04 Å². The molecule has 2 aromatic rings. The first kappa shape index (κ1) is 15.9. The highest BCUT2D eigenvalue weighted by atomic mass is 32.2. The number of hydrogen-bond acceptors (Lipinski definition) is 3. The molecule has 0 unspecified atom stereocenters. The maximum Gasteiger partial charge on any atom is 0.333 e. The van der Waals surface area contributed by atoms with Gasteiger partial charge in [0, 0.05) is 18.4 Å². The number of aromatic nitrogens is 1. The zero-order chi connectivity index (χ0) is 15.1. The Morgan fingerprint density at radius 3 is 2.33 bits per heavy atom. The van der Waals surface area contributed by atoms with Crippen LogP contribution in [0.5, 0.6) is 0 Å². The van der Waals surface area contributed by atoms with Gasteiger partial charge in [0.05, 0.1) is 0 Å². The molecule has 0 atom stereocenters. The summed E-state index contributed by atoms with van der Waals surface area (Å²) >= 11 is 0. The van der Waals surface area contributed by atoms with Crippen molar-refractivity contribution in [2.45, 2.75) is 38.1 Å². The Balaban J connectivity index is 0.000000154. The Kier molecular flexibility index (Phi) is 5.67. The predicted octanol–water partition coefficient (Wildman–Crippen LogP) is 2.95. The van der Waals surface area contributed by atoms with Gasteiger partial charge in [0.2, 0.25) is 0 Å². The second-order valence-corrected chi connectivity index (χ2v) is 6.34.